The lowest BCUT2D eigenvalue weighted by atomic mass is 10.1. The molecule has 0 saturated carbocycles. The summed E-state index contributed by atoms with van der Waals surface area (Å²) in [6.45, 7) is 7.63. The van der Waals surface area contributed by atoms with Crippen LogP contribution in [0.15, 0.2) is 18.2 Å². The van der Waals surface area contributed by atoms with E-state index in [9.17, 15) is 0 Å². The molecular weight excluding hydrogens is 238 g/mol. The Balaban J connectivity index is 1.88. The minimum absolute atomic E-state index is 0.905. The fraction of sp³-hybridized carbons (Fsp3) is 0.467. The van der Waals surface area contributed by atoms with E-state index in [0.717, 1.165) is 38.5 Å². The van der Waals surface area contributed by atoms with Crippen molar-refractivity contribution in [2.45, 2.75) is 13.5 Å². The minimum atomic E-state index is 0.905. The fourth-order valence-corrected chi connectivity index (χ4v) is 2.75. The van der Waals surface area contributed by atoms with Crippen LogP contribution in [-0.2, 0) is 6.54 Å². The molecule has 102 valence electrons. The summed E-state index contributed by atoms with van der Waals surface area (Å²) in [7, 11) is 1.71. The number of fused-ring (bicyclic) bond motifs is 1. The first-order chi connectivity index (χ1) is 9.28. The molecule has 19 heavy (non-hydrogen) atoms. The Morgan fingerprint density at radius 2 is 2.05 bits per heavy atom. The molecular formula is C15H21N3O. The molecule has 0 aliphatic carbocycles. The van der Waals surface area contributed by atoms with Crippen LogP contribution in [-0.4, -0.2) is 43.2 Å². The highest BCUT2D eigenvalue weighted by Gasteiger charge is 2.14. The van der Waals surface area contributed by atoms with Crippen molar-refractivity contribution < 1.29 is 4.74 Å². The van der Waals surface area contributed by atoms with Crippen molar-refractivity contribution in [3.63, 3.8) is 0 Å². The lowest BCUT2D eigenvalue weighted by Crippen LogP contribution is -2.43. The quantitative estimate of drug-likeness (QED) is 0.884. The summed E-state index contributed by atoms with van der Waals surface area (Å²) in [5.74, 6) is 0.905. The number of benzene rings is 1. The van der Waals surface area contributed by atoms with Crippen molar-refractivity contribution in [1.29, 1.82) is 0 Å². The van der Waals surface area contributed by atoms with Crippen LogP contribution in [0.3, 0.4) is 0 Å². The maximum absolute atomic E-state index is 5.28. The van der Waals surface area contributed by atoms with Gasteiger partial charge in [0.1, 0.15) is 5.75 Å². The van der Waals surface area contributed by atoms with E-state index >= 15 is 0 Å². The van der Waals surface area contributed by atoms with Gasteiger partial charge in [-0.1, -0.05) is 0 Å². The van der Waals surface area contributed by atoms with Gasteiger partial charge >= 0.3 is 0 Å². The second kappa shape index (κ2) is 5.23. The summed E-state index contributed by atoms with van der Waals surface area (Å²) < 4.78 is 5.28. The Morgan fingerprint density at radius 1 is 1.26 bits per heavy atom. The van der Waals surface area contributed by atoms with E-state index in [2.05, 4.69) is 34.3 Å². The van der Waals surface area contributed by atoms with Crippen LogP contribution in [0.2, 0.25) is 0 Å². The van der Waals surface area contributed by atoms with Crippen LogP contribution in [0.4, 0.5) is 0 Å². The van der Waals surface area contributed by atoms with Gasteiger partial charge in [0.25, 0.3) is 0 Å². The van der Waals surface area contributed by atoms with Crippen LogP contribution >= 0.6 is 0 Å². The first-order valence-corrected chi connectivity index (χ1v) is 6.86. The van der Waals surface area contributed by atoms with Gasteiger partial charge in [-0.25, -0.2) is 0 Å². The monoisotopic (exact) mass is 259 g/mol. The molecule has 1 aliphatic heterocycles. The van der Waals surface area contributed by atoms with Crippen molar-refractivity contribution in [3.8, 4) is 5.75 Å². The first-order valence-electron chi connectivity index (χ1n) is 6.86. The van der Waals surface area contributed by atoms with Gasteiger partial charge in [0, 0.05) is 55.4 Å². The minimum Gasteiger partial charge on any atom is -0.497 e. The molecule has 1 fully saturated rings. The molecule has 2 heterocycles. The lowest BCUT2D eigenvalue weighted by molar-refractivity contribution is 0.231. The van der Waals surface area contributed by atoms with Crippen LogP contribution in [0.5, 0.6) is 5.75 Å². The molecule has 4 nitrogen and oxygen atoms in total. The highest BCUT2D eigenvalue weighted by molar-refractivity contribution is 5.85. The number of aromatic nitrogens is 1. The number of H-pyrrole nitrogens is 1. The average Bonchev–Trinajstić information content (AvgIpc) is 2.76. The standard InChI is InChI=1S/C15H21N3O/c1-11-13-4-3-12(19-2)9-14(13)17-15(11)10-18-7-5-16-6-8-18/h3-4,9,16-17H,5-8,10H2,1-2H3. The van der Waals surface area contributed by atoms with E-state index in [-0.39, 0.29) is 0 Å². The van der Waals surface area contributed by atoms with Crippen LogP contribution in [0, 0.1) is 6.92 Å². The number of piperazine rings is 1. The zero-order chi connectivity index (χ0) is 13.2. The Kier molecular flexibility index (Phi) is 3.44. The smallest absolute Gasteiger partial charge is 0.120 e. The summed E-state index contributed by atoms with van der Waals surface area (Å²) in [5.41, 5.74) is 3.85. The highest BCUT2D eigenvalue weighted by Crippen LogP contribution is 2.26. The molecule has 0 amide bonds. The molecule has 0 atom stereocenters. The molecule has 1 aromatic carbocycles. The van der Waals surface area contributed by atoms with E-state index in [1.807, 2.05) is 6.07 Å². The Morgan fingerprint density at radius 3 is 2.79 bits per heavy atom. The summed E-state index contributed by atoms with van der Waals surface area (Å²) in [4.78, 5) is 6.04. The number of hydrogen-bond donors (Lipinski definition) is 2. The van der Waals surface area contributed by atoms with Crippen LogP contribution < -0.4 is 10.1 Å². The number of methoxy groups -OCH3 is 1. The van der Waals surface area contributed by atoms with Gasteiger partial charge in [-0.2, -0.15) is 0 Å². The Bertz CT molecular complexity index is 570. The lowest BCUT2D eigenvalue weighted by Gasteiger charge is -2.26. The van der Waals surface area contributed by atoms with Gasteiger partial charge in [-0.15, -0.1) is 0 Å². The van der Waals surface area contributed by atoms with Gasteiger partial charge in [-0.05, 0) is 24.6 Å². The zero-order valence-electron chi connectivity index (χ0n) is 11.6. The maximum Gasteiger partial charge on any atom is 0.120 e. The third-order valence-electron chi connectivity index (χ3n) is 3.96. The van der Waals surface area contributed by atoms with E-state index in [4.69, 9.17) is 4.74 Å². The first kappa shape index (κ1) is 12.5. The number of nitrogens with one attached hydrogen (secondary N) is 2. The molecule has 3 rings (SSSR count). The fourth-order valence-electron chi connectivity index (χ4n) is 2.75. The molecule has 0 spiro atoms. The Labute approximate surface area is 113 Å². The van der Waals surface area contributed by atoms with E-state index in [0.29, 0.717) is 0 Å². The van der Waals surface area contributed by atoms with Crippen molar-refractivity contribution in [3.05, 3.63) is 29.5 Å². The highest BCUT2D eigenvalue weighted by atomic mass is 16.5. The molecule has 1 aromatic heterocycles. The number of rotatable bonds is 3. The third kappa shape index (κ3) is 2.46. The largest absolute Gasteiger partial charge is 0.497 e. The van der Waals surface area contributed by atoms with Gasteiger partial charge < -0.3 is 15.0 Å². The molecule has 0 unspecified atom stereocenters. The van der Waals surface area contributed by atoms with Crippen molar-refractivity contribution >= 4 is 10.9 Å². The summed E-state index contributed by atoms with van der Waals surface area (Å²) in [5, 5.41) is 4.69. The maximum atomic E-state index is 5.28. The molecule has 2 N–H and O–H groups in total. The van der Waals surface area contributed by atoms with Crippen LogP contribution in [0.1, 0.15) is 11.3 Å². The van der Waals surface area contributed by atoms with E-state index in [1.165, 1.54) is 22.2 Å². The molecule has 0 bridgehead atoms. The SMILES string of the molecule is COc1ccc2c(C)c(CN3CCNCC3)[nH]c2c1. The molecule has 0 radical (unpaired) electrons. The number of nitrogens with zero attached hydrogens (tertiary/aromatic N) is 1. The number of ether oxygens (including phenoxy) is 1. The van der Waals surface area contributed by atoms with Crippen molar-refractivity contribution in [1.82, 2.24) is 15.2 Å². The van der Waals surface area contributed by atoms with Gasteiger partial charge in [0.15, 0.2) is 0 Å². The number of aromatic amines is 1. The predicted octanol–water partition coefficient (Wildman–Crippen LogP) is 1.89. The molecule has 2 aromatic rings. The second-order valence-electron chi connectivity index (χ2n) is 5.17. The normalized spacial score (nSPS) is 16.9. The van der Waals surface area contributed by atoms with E-state index in [1.54, 1.807) is 7.11 Å². The topological polar surface area (TPSA) is 40.3 Å². The second-order valence-corrected chi connectivity index (χ2v) is 5.17. The van der Waals surface area contributed by atoms with Crippen LogP contribution in [0.25, 0.3) is 10.9 Å². The average molecular weight is 259 g/mol. The van der Waals surface area contributed by atoms with Gasteiger partial charge in [-0.3, -0.25) is 4.90 Å². The van der Waals surface area contributed by atoms with E-state index < -0.39 is 0 Å². The molecule has 4 heteroatoms. The summed E-state index contributed by atoms with van der Waals surface area (Å²) >= 11 is 0. The Hall–Kier alpha value is -1.52. The molecule has 1 aliphatic rings. The zero-order valence-corrected chi connectivity index (χ0v) is 11.6. The third-order valence-corrected chi connectivity index (χ3v) is 3.96. The van der Waals surface area contributed by atoms with Gasteiger partial charge in [0.2, 0.25) is 0 Å². The summed E-state index contributed by atoms with van der Waals surface area (Å²) in [6, 6.07) is 6.24. The predicted molar refractivity (Wildman–Crippen MR) is 77.7 cm³/mol. The number of hydrogen-bond acceptors (Lipinski definition) is 3. The summed E-state index contributed by atoms with van der Waals surface area (Å²) in [6.07, 6.45) is 0. The van der Waals surface area contributed by atoms with Crippen molar-refractivity contribution in [2.24, 2.45) is 0 Å². The van der Waals surface area contributed by atoms with Gasteiger partial charge in [0.05, 0.1) is 7.11 Å². The molecule has 1 saturated heterocycles. The number of aryl methyl sites for hydroxylation is 1. The van der Waals surface area contributed by atoms with Crippen molar-refractivity contribution in [2.75, 3.05) is 33.3 Å².